The van der Waals surface area contributed by atoms with E-state index in [-0.39, 0.29) is 5.78 Å². The average Bonchev–Trinajstić information content (AvgIpc) is 2.33. The third kappa shape index (κ3) is 2.14. The molecule has 0 unspecified atom stereocenters. The molecule has 0 saturated heterocycles. The summed E-state index contributed by atoms with van der Waals surface area (Å²) in [5.74, 6) is 0.130. The van der Waals surface area contributed by atoms with Crippen molar-refractivity contribution in [3.8, 4) is 11.1 Å². The summed E-state index contributed by atoms with van der Waals surface area (Å²) in [5.41, 5.74) is 5.49. The minimum Gasteiger partial charge on any atom is -0.295 e. The fraction of sp³-hybridized carbons (Fsp3) is 0.188. The Morgan fingerprint density at radius 3 is 2.12 bits per heavy atom. The van der Waals surface area contributed by atoms with Crippen LogP contribution in [0.4, 0.5) is 0 Å². The highest BCUT2D eigenvalue weighted by molar-refractivity contribution is 5.96. The number of carbonyl (C=O) groups is 1. The number of ketones is 1. The second-order valence-electron chi connectivity index (χ2n) is 4.33. The molecule has 0 heterocycles. The highest BCUT2D eigenvalue weighted by Crippen LogP contribution is 2.27. The van der Waals surface area contributed by atoms with E-state index in [0.717, 1.165) is 11.1 Å². The summed E-state index contributed by atoms with van der Waals surface area (Å²) < 4.78 is 0. The topological polar surface area (TPSA) is 17.1 Å². The van der Waals surface area contributed by atoms with Crippen LogP contribution >= 0.6 is 0 Å². The Balaban J connectivity index is 2.60. The lowest BCUT2D eigenvalue weighted by atomic mass is 9.92. The van der Waals surface area contributed by atoms with Gasteiger partial charge in [-0.2, -0.15) is 0 Å². The summed E-state index contributed by atoms with van der Waals surface area (Å²) in [4.78, 5) is 11.5. The Kier molecular flexibility index (Phi) is 3.10. The molecule has 0 aromatic heterocycles. The van der Waals surface area contributed by atoms with E-state index in [0.29, 0.717) is 0 Å². The fourth-order valence-electron chi connectivity index (χ4n) is 2.13. The Morgan fingerprint density at radius 2 is 1.53 bits per heavy atom. The summed E-state index contributed by atoms with van der Waals surface area (Å²) in [6.07, 6.45) is 0. The van der Waals surface area contributed by atoms with Gasteiger partial charge in [-0.25, -0.2) is 0 Å². The normalized spacial score (nSPS) is 10.3. The van der Waals surface area contributed by atoms with Crippen LogP contribution in [0.25, 0.3) is 11.1 Å². The number of Topliss-reactive ketones (excluding diaryl/α,β-unsaturated/α-hetero) is 1. The van der Waals surface area contributed by atoms with E-state index < -0.39 is 0 Å². The lowest BCUT2D eigenvalue weighted by Crippen LogP contribution is -1.99. The Hall–Kier alpha value is -1.89. The monoisotopic (exact) mass is 224 g/mol. The van der Waals surface area contributed by atoms with Gasteiger partial charge in [0.25, 0.3) is 0 Å². The van der Waals surface area contributed by atoms with Crippen LogP contribution in [0.5, 0.6) is 0 Å². The van der Waals surface area contributed by atoms with Crippen LogP contribution in [0.1, 0.15) is 28.4 Å². The van der Waals surface area contributed by atoms with Crippen LogP contribution in [0.3, 0.4) is 0 Å². The van der Waals surface area contributed by atoms with Crippen LogP contribution in [0.2, 0.25) is 0 Å². The SMILES string of the molecule is CC(=O)c1ccc(-c2ccccc2)c(C)c1C. The summed E-state index contributed by atoms with van der Waals surface area (Å²) >= 11 is 0. The van der Waals surface area contributed by atoms with Crippen LogP contribution in [-0.4, -0.2) is 5.78 Å². The number of rotatable bonds is 2. The van der Waals surface area contributed by atoms with Gasteiger partial charge in [-0.15, -0.1) is 0 Å². The van der Waals surface area contributed by atoms with Gasteiger partial charge in [0.1, 0.15) is 0 Å². The zero-order chi connectivity index (χ0) is 12.4. The zero-order valence-electron chi connectivity index (χ0n) is 10.4. The van der Waals surface area contributed by atoms with E-state index in [1.807, 2.05) is 37.3 Å². The summed E-state index contributed by atoms with van der Waals surface area (Å²) in [6.45, 7) is 5.70. The molecule has 0 aliphatic rings. The van der Waals surface area contributed by atoms with E-state index >= 15 is 0 Å². The number of benzene rings is 2. The average molecular weight is 224 g/mol. The Morgan fingerprint density at radius 1 is 0.882 bits per heavy atom. The summed E-state index contributed by atoms with van der Waals surface area (Å²) in [7, 11) is 0. The molecular formula is C16H16O. The second-order valence-corrected chi connectivity index (χ2v) is 4.33. The molecular weight excluding hydrogens is 208 g/mol. The van der Waals surface area contributed by atoms with Crippen molar-refractivity contribution in [1.82, 2.24) is 0 Å². The van der Waals surface area contributed by atoms with Gasteiger partial charge in [0, 0.05) is 5.56 Å². The zero-order valence-corrected chi connectivity index (χ0v) is 10.4. The number of hydrogen-bond donors (Lipinski definition) is 0. The largest absolute Gasteiger partial charge is 0.295 e. The molecule has 0 amide bonds. The third-order valence-corrected chi connectivity index (χ3v) is 3.25. The van der Waals surface area contributed by atoms with Gasteiger partial charge < -0.3 is 0 Å². The molecule has 86 valence electrons. The lowest BCUT2D eigenvalue weighted by Gasteiger charge is -2.12. The second kappa shape index (κ2) is 4.54. The van der Waals surface area contributed by atoms with Crippen LogP contribution in [0, 0.1) is 13.8 Å². The van der Waals surface area contributed by atoms with Crippen molar-refractivity contribution >= 4 is 5.78 Å². The van der Waals surface area contributed by atoms with Gasteiger partial charge >= 0.3 is 0 Å². The molecule has 1 heteroatoms. The van der Waals surface area contributed by atoms with E-state index in [1.54, 1.807) is 6.92 Å². The lowest BCUT2D eigenvalue weighted by molar-refractivity contribution is 0.101. The minimum absolute atomic E-state index is 0.130. The molecule has 0 atom stereocenters. The highest BCUT2D eigenvalue weighted by atomic mass is 16.1. The highest BCUT2D eigenvalue weighted by Gasteiger charge is 2.10. The quantitative estimate of drug-likeness (QED) is 0.699. The van der Waals surface area contributed by atoms with Crippen molar-refractivity contribution in [2.24, 2.45) is 0 Å². The van der Waals surface area contributed by atoms with Crippen molar-refractivity contribution in [3.05, 3.63) is 59.2 Å². The van der Waals surface area contributed by atoms with Gasteiger partial charge in [0.2, 0.25) is 0 Å². The Labute approximate surface area is 102 Å². The molecule has 0 aliphatic heterocycles. The molecule has 0 bridgehead atoms. The van der Waals surface area contributed by atoms with Crippen molar-refractivity contribution in [1.29, 1.82) is 0 Å². The first-order chi connectivity index (χ1) is 8.11. The molecule has 0 spiro atoms. The predicted octanol–water partition coefficient (Wildman–Crippen LogP) is 4.17. The molecule has 0 saturated carbocycles. The standard InChI is InChI=1S/C16H16O/c1-11-12(2)16(10-9-15(11)13(3)17)14-7-5-4-6-8-14/h4-10H,1-3H3. The van der Waals surface area contributed by atoms with Crippen molar-refractivity contribution < 1.29 is 4.79 Å². The van der Waals surface area contributed by atoms with Crippen molar-refractivity contribution in [2.45, 2.75) is 20.8 Å². The van der Waals surface area contributed by atoms with E-state index in [1.165, 1.54) is 16.7 Å². The van der Waals surface area contributed by atoms with Gasteiger partial charge in [-0.05, 0) is 43.0 Å². The van der Waals surface area contributed by atoms with Crippen LogP contribution in [-0.2, 0) is 0 Å². The maximum Gasteiger partial charge on any atom is 0.160 e. The van der Waals surface area contributed by atoms with Gasteiger partial charge in [0.15, 0.2) is 5.78 Å². The minimum atomic E-state index is 0.130. The molecule has 0 fully saturated rings. The van der Waals surface area contributed by atoms with Crippen molar-refractivity contribution in [3.63, 3.8) is 0 Å². The smallest absolute Gasteiger partial charge is 0.160 e. The first kappa shape index (κ1) is 11.6. The number of carbonyl (C=O) groups excluding carboxylic acids is 1. The fourth-order valence-corrected chi connectivity index (χ4v) is 2.13. The van der Waals surface area contributed by atoms with E-state index in [2.05, 4.69) is 19.1 Å². The molecule has 1 nitrogen and oxygen atoms in total. The first-order valence-electron chi connectivity index (χ1n) is 5.78. The first-order valence-corrected chi connectivity index (χ1v) is 5.78. The molecule has 0 N–H and O–H groups in total. The third-order valence-electron chi connectivity index (χ3n) is 3.25. The predicted molar refractivity (Wildman–Crippen MR) is 71.4 cm³/mol. The van der Waals surface area contributed by atoms with Crippen molar-refractivity contribution in [2.75, 3.05) is 0 Å². The maximum absolute atomic E-state index is 11.5. The van der Waals surface area contributed by atoms with Gasteiger partial charge in [0.05, 0.1) is 0 Å². The Bertz CT molecular complexity index is 553. The van der Waals surface area contributed by atoms with E-state index in [9.17, 15) is 4.79 Å². The van der Waals surface area contributed by atoms with E-state index in [4.69, 9.17) is 0 Å². The van der Waals surface area contributed by atoms with Crippen LogP contribution in [0.15, 0.2) is 42.5 Å². The molecule has 2 rings (SSSR count). The number of hydrogen-bond acceptors (Lipinski definition) is 1. The molecule has 0 radical (unpaired) electrons. The van der Waals surface area contributed by atoms with Gasteiger partial charge in [-0.1, -0.05) is 42.5 Å². The molecule has 2 aromatic rings. The van der Waals surface area contributed by atoms with Gasteiger partial charge in [-0.3, -0.25) is 4.79 Å². The molecule has 17 heavy (non-hydrogen) atoms. The molecule has 0 aliphatic carbocycles. The summed E-state index contributed by atoms with van der Waals surface area (Å²) in [6, 6.07) is 14.2. The van der Waals surface area contributed by atoms with Crippen LogP contribution < -0.4 is 0 Å². The summed E-state index contributed by atoms with van der Waals surface area (Å²) in [5, 5.41) is 0. The maximum atomic E-state index is 11.5. The molecule has 2 aromatic carbocycles.